The Kier molecular flexibility index (Phi) is 4.91. The first-order valence-electron chi connectivity index (χ1n) is 7.68. The minimum Gasteiger partial charge on any atom is -0.493 e. The highest BCUT2D eigenvalue weighted by Gasteiger charge is 2.11. The van der Waals surface area contributed by atoms with Crippen molar-refractivity contribution in [1.29, 1.82) is 0 Å². The van der Waals surface area contributed by atoms with Gasteiger partial charge in [0.15, 0.2) is 0 Å². The number of nitrogens with zero attached hydrogens (tertiary/aromatic N) is 2. The summed E-state index contributed by atoms with van der Waals surface area (Å²) in [7, 11) is 0. The SMILES string of the molecule is Cc1oc(-c2ccccc2)nc1CCOc1ccc(C=NO)cc1. The van der Waals surface area contributed by atoms with Gasteiger partial charge in [0, 0.05) is 12.0 Å². The predicted octanol–water partition coefficient (Wildman–Crippen LogP) is 4.08. The highest BCUT2D eigenvalue weighted by Crippen LogP contribution is 2.22. The van der Waals surface area contributed by atoms with Crippen molar-refractivity contribution in [2.24, 2.45) is 5.16 Å². The lowest BCUT2D eigenvalue weighted by molar-refractivity contribution is 0.319. The van der Waals surface area contributed by atoms with Gasteiger partial charge in [-0.2, -0.15) is 0 Å². The Morgan fingerprint density at radius 2 is 1.88 bits per heavy atom. The Morgan fingerprint density at radius 3 is 2.58 bits per heavy atom. The molecular formula is C19H18N2O3. The highest BCUT2D eigenvalue weighted by molar-refractivity contribution is 5.79. The normalized spacial score (nSPS) is 11.0. The fraction of sp³-hybridized carbons (Fsp3) is 0.158. The number of oxime groups is 1. The van der Waals surface area contributed by atoms with Crippen LogP contribution in [0.5, 0.6) is 5.75 Å². The summed E-state index contributed by atoms with van der Waals surface area (Å²) >= 11 is 0. The number of hydrogen-bond donors (Lipinski definition) is 1. The molecule has 24 heavy (non-hydrogen) atoms. The first-order valence-corrected chi connectivity index (χ1v) is 7.68. The number of aromatic nitrogens is 1. The highest BCUT2D eigenvalue weighted by atomic mass is 16.5. The molecule has 0 aliphatic carbocycles. The summed E-state index contributed by atoms with van der Waals surface area (Å²) in [6.45, 7) is 2.42. The zero-order valence-electron chi connectivity index (χ0n) is 13.3. The van der Waals surface area contributed by atoms with Crippen molar-refractivity contribution in [3.8, 4) is 17.2 Å². The van der Waals surface area contributed by atoms with Crippen LogP contribution in [0.4, 0.5) is 0 Å². The summed E-state index contributed by atoms with van der Waals surface area (Å²) in [5, 5.41) is 11.5. The average molecular weight is 322 g/mol. The van der Waals surface area contributed by atoms with Gasteiger partial charge >= 0.3 is 0 Å². The summed E-state index contributed by atoms with van der Waals surface area (Å²) in [4.78, 5) is 4.56. The second-order valence-electron chi connectivity index (χ2n) is 5.30. The molecule has 1 N–H and O–H groups in total. The van der Waals surface area contributed by atoms with E-state index in [1.807, 2.05) is 61.5 Å². The maximum atomic E-state index is 8.49. The summed E-state index contributed by atoms with van der Waals surface area (Å²) in [5.41, 5.74) is 2.68. The van der Waals surface area contributed by atoms with Gasteiger partial charge in [0.05, 0.1) is 18.5 Å². The lowest BCUT2D eigenvalue weighted by Gasteiger charge is -2.05. The molecule has 1 heterocycles. The van der Waals surface area contributed by atoms with Crippen molar-refractivity contribution in [3.63, 3.8) is 0 Å². The Hall–Kier alpha value is -3.08. The number of hydrogen-bond acceptors (Lipinski definition) is 5. The van der Waals surface area contributed by atoms with Gasteiger partial charge in [-0.3, -0.25) is 0 Å². The van der Waals surface area contributed by atoms with Gasteiger partial charge in [0.1, 0.15) is 11.5 Å². The van der Waals surface area contributed by atoms with E-state index in [2.05, 4.69) is 10.1 Å². The van der Waals surface area contributed by atoms with Crippen molar-refractivity contribution >= 4 is 6.21 Å². The fourth-order valence-corrected chi connectivity index (χ4v) is 2.35. The third-order valence-electron chi connectivity index (χ3n) is 3.61. The van der Waals surface area contributed by atoms with Crippen LogP contribution in [0.15, 0.2) is 64.2 Å². The van der Waals surface area contributed by atoms with E-state index in [0.717, 1.165) is 28.3 Å². The number of aryl methyl sites for hydroxylation is 1. The molecule has 0 aliphatic heterocycles. The molecule has 3 rings (SSSR count). The van der Waals surface area contributed by atoms with Gasteiger partial charge in [0.2, 0.25) is 5.89 Å². The van der Waals surface area contributed by atoms with Crippen molar-refractivity contribution < 1.29 is 14.4 Å². The molecule has 0 atom stereocenters. The van der Waals surface area contributed by atoms with Gasteiger partial charge in [-0.25, -0.2) is 4.98 Å². The van der Waals surface area contributed by atoms with E-state index < -0.39 is 0 Å². The molecule has 1 aromatic heterocycles. The van der Waals surface area contributed by atoms with Crippen LogP contribution in [0.2, 0.25) is 0 Å². The Morgan fingerprint density at radius 1 is 1.12 bits per heavy atom. The minimum atomic E-state index is 0.509. The van der Waals surface area contributed by atoms with Crippen molar-refractivity contribution in [2.75, 3.05) is 6.61 Å². The predicted molar refractivity (Wildman–Crippen MR) is 91.7 cm³/mol. The number of rotatable bonds is 6. The lowest BCUT2D eigenvalue weighted by atomic mass is 10.2. The van der Waals surface area contributed by atoms with Crippen LogP contribution < -0.4 is 4.74 Å². The third kappa shape index (κ3) is 3.81. The first-order chi connectivity index (χ1) is 11.8. The molecule has 0 unspecified atom stereocenters. The summed E-state index contributed by atoms with van der Waals surface area (Å²) in [5.74, 6) is 2.21. The standard InChI is InChI=1S/C19H18N2O3/c1-14-18(21-19(24-14)16-5-3-2-4-6-16)11-12-23-17-9-7-15(8-10-17)13-20-22/h2-10,13,22H,11-12H2,1H3. The van der Waals surface area contributed by atoms with E-state index >= 15 is 0 Å². The molecule has 5 nitrogen and oxygen atoms in total. The maximum Gasteiger partial charge on any atom is 0.226 e. The molecule has 5 heteroatoms. The summed E-state index contributed by atoms with van der Waals surface area (Å²) < 4.78 is 11.5. The molecule has 0 bridgehead atoms. The Labute approximate surface area is 140 Å². The van der Waals surface area contributed by atoms with Crippen LogP contribution in [-0.4, -0.2) is 23.0 Å². The van der Waals surface area contributed by atoms with Crippen LogP contribution >= 0.6 is 0 Å². The van der Waals surface area contributed by atoms with Gasteiger partial charge in [-0.05, 0) is 48.9 Å². The summed E-state index contributed by atoms with van der Waals surface area (Å²) in [6.07, 6.45) is 2.04. The van der Waals surface area contributed by atoms with E-state index in [9.17, 15) is 0 Å². The van der Waals surface area contributed by atoms with E-state index in [0.29, 0.717) is 18.9 Å². The molecule has 0 fully saturated rings. The molecule has 3 aromatic rings. The molecule has 0 aliphatic rings. The largest absolute Gasteiger partial charge is 0.493 e. The van der Waals surface area contributed by atoms with Crippen molar-refractivity contribution in [1.82, 2.24) is 4.98 Å². The van der Waals surface area contributed by atoms with Crippen LogP contribution in [-0.2, 0) is 6.42 Å². The number of benzene rings is 2. The monoisotopic (exact) mass is 322 g/mol. The number of ether oxygens (including phenoxy) is 1. The molecule has 0 amide bonds. The van der Waals surface area contributed by atoms with Gasteiger partial charge in [0.25, 0.3) is 0 Å². The molecule has 0 saturated heterocycles. The van der Waals surface area contributed by atoms with Gasteiger partial charge in [-0.1, -0.05) is 23.4 Å². The fourth-order valence-electron chi connectivity index (χ4n) is 2.35. The zero-order valence-corrected chi connectivity index (χ0v) is 13.3. The minimum absolute atomic E-state index is 0.509. The molecule has 2 aromatic carbocycles. The summed E-state index contributed by atoms with van der Waals surface area (Å²) in [6, 6.07) is 17.2. The third-order valence-corrected chi connectivity index (χ3v) is 3.61. The van der Waals surface area contributed by atoms with Crippen molar-refractivity contribution in [3.05, 3.63) is 71.6 Å². The van der Waals surface area contributed by atoms with E-state index in [4.69, 9.17) is 14.4 Å². The number of oxazole rings is 1. The van der Waals surface area contributed by atoms with Gasteiger partial charge < -0.3 is 14.4 Å². The van der Waals surface area contributed by atoms with Crippen LogP contribution in [0.3, 0.4) is 0 Å². The lowest BCUT2D eigenvalue weighted by Crippen LogP contribution is -2.02. The molecule has 0 radical (unpaired) electrons. The van der Waals surface area contributed by atoms with Crippen LogP contribution in [0.25, 0.3) is 11.5 Å². The van der Waals surface area contributed by atoms with E-state index in [1.165, 1.54) is 6.21 Å². The van der Waals surface area contributed by atoms with E-state index in [1.54, 1.807) is 0 Å². The van der Waals surface area contributed by atoms with Crippen LogP contribution in [0, 0.1) is 6.92 Å². The molecule has 0 spiro atoms. The maximum absolute atomic E-state index is 8.49. The molecular weight excluding hydrogens is 304 g/mol. The second kappa shape index (κ2) is 7.46. The average Bonchev–Trinajstić information content (AvgIpc) is 2.99. The zero-order chi connectivity index (χ0) is 16.8. The van der Waals surface area contributed by atoms with Crippen molar-refractivity contribution in [2.45, 2.75) is 13.3 Å². The molecule has 122 valence electrons. The Balaban J connectivity index is 1.60. The van der Waals surface area contributed by atoms with E-state index in [-0.39, 0.29) is 0 Å². The van der Waals surface area contributed by atoms with Crippen LogP contribution in [0.1, 0.15) is 17.0 Å². The van der Waals surface area contributed by atoms with Gasteiger partial charge in [-0.15, -0.1) is 0 Å². The smallest absolute Gasteiger partial charge is 0.226 e. The Bertz CT molecular complexity index is 808. The second-order valence-corrected chi connectivity index (χ2v) is 5.30. The quantitative estimate of drug-likeness (QED) is 0.422. The molecule has 0 saturated carbocycles. The topological polar surface area (TPSA) is 67.9 Å². The first kappa shape index (κ1) is 15.8.